The summed E-state index contributed by atoms with van der Waals surface area (Å²) >= 11 is 0. The number of benzene rings is 1. The van der Waals surface area contributed by atoms with E-state index in [0.717, 1.165) is 56.3 Å². The molecule has 0 spiro atoms. The van der Waals surface area contributed by atoms with Crippen molar-refractivity contribution in [1.82, 2.24) is 0 Å². The topological polar surface area (TPSA) is 49.8 Å². The third kappa shape index (κ3) is 4.59. The molecule has 0 saturated heterocycles. The van der Waals surface area contributed by atoms with Crippen molar-refractivity contribution in [3.8, 4) is 11.8 Å². The van der Waals surface area contributed by atoms with E-state index in [-0.39, 0.29) is 0 Å². The normalized spacial score (nSPS) is 15.7. The molecule has 0 bridgehead atoms. The summed E-state index contributed by atoms with van der Waals surface area (Å²) in [6.45, 7) is 7.45. The predicted octanol–water partition coefficient (Wildman–Crippen LogP) is 3.79. The van der Waals surface area contributed by atoms with Crippen LogP contribution >= 0.6 is 0 Å². The Morgan fingerprint density at radius 3 is 2.50 bits per heavy atom. The Hall–Kier alpha value is -1.99. The molecular formula is C22H31NO3. The van der Waals surface area contributed by atoms with Gasteiger partial charge in [0.2, 0.25) is 0 Å². The molecule has 1 fully saturated rings. The Bertz CT molecular complexity index is 662. The zero-order chi connectivity index (χ0) is 19.0. The van der Waals surface area contributed by atoms with Gasteiger partial charge in [0.25, 0.3) is 0 Å². The van der Waals surface area contributed by atoms with Gasteiger partial charge in [0, 0.05) is 25.2 Å². The first-order chi connectivity index (χ1) is 12.6. The minimum absolute atomic E-state index is 0.549. The van der Waals surface area contributed by atoms with E-state index in [4.69, 9.17) is 4.74 Å². The van der Waals surface area contributed by atoms with Crippen molar-refractivity contribution in [3.05, 3.63) is 29.3 Å². The van der Waals surface area contributed by atoms with E-state index in [0.29, 0.717) is 6.42 Å². The Kier molecular flexibility index (Phi) is 7.53. The molecule has 1 aliphatic carbocycles. The number of carbonyl (C=O) groups excluding carboxylic acids is 1. The van der Waals surface area contributed by atoms with Gasteiger partial charge in [-0.3, -0.25) is 0 Å². The lowest BCUT2D eigenvalue weighted by Gasteiger charge is -2.38. The van der Waals surface area contributed by atoms with E-state index in [1.54, 1.807) is 0 Å². The van der Waals surface area contributed by atoms with Gasteiger partial charge in [-0.1, -0.05) is 18.4 Å². The van der Waals surface area contributed by atoms with Gasteiger partial charge in [-0.15, -0.1) is 5.92 Å². The van der Waals surface area contributed by atoms with Gasteiger partial charge in [0.15, 0.2) is 0 Å². The molecule has 1 saturated carbocycles. The highest BCUT2D eigenvalue weighted by molar-refractivity contribution is 5.71. The SMILES string of the molecule is CC#CCc1cc(N(CC)CC)ccc1C1(OC(=O)CO)CCCCC1. The third-order valence-electron chi connectivity index (χ3n) is 5.26. The summed E-state index contributed by atoms with van der Waals surface area (Å²) < 4.78 is 5.84. The second-order valence-electron chi connectivity index (χ2n) is 6.80. The molecule has 0 atom stereocenters. The van der Waals surface area contributed by atoms with Crippen LogP contribution < -0.4 is 4.90 Å². The van der Waals surface area contributed by atoms with Crippen molar-refractivity contribution < 1.29 is 14.6 Å². The number of aliphatic hydroxyl groups is 1. The molecule has 1 aromatic rings. The number of hydrogen-bond donors (Lipinski definition) is 1. The minimum atomic E-state index is -0.634. The summed E-state index contributed by atoms with van der Waals surface area (Å²) in [6.07, 6.45) is 5.44. The van der Waals surface area contributed by atoms with Crippen LogP contribution in [-0.4, -0.2) is 30.8 Å². The van der Waals surface area contributed by atoms with E-state index < -0.39 is 18.2 Å². The maximum Gasteiger partial charge on any atom is 0.332 e. The Balaban J connectivity index is 2.51. The van der Waals surface area contributed by atoms with Crippen molar-refractivity contribution in [3.63, 3.8) is 0 Å². The lowest BCUT2D eigenvalue weighted by atomic mass is 9.77. The largest absolute Gasteiger partial charge is 0.452 e. The fourth-order valence-electron chi connectivity index (χ4n) is 3.94. The van der Waals surface area contributed by atoms with Gasteiger partial charge in [0.1, 0.15) is 12.2 Å². The highest BCUT2D eigenvalue weighted by Crippen LogP contribution is 2.43. The molecule has 4 nitrogen and oxygen atoms in total. The highest BCUT2D eigenvalue weighted by Gasteiger charge is 2.39. The van der Waals surface area contributed by atoms with Crippen LogP contribution in [-0.2, 0) is 21.6 Å². The lowest BCUT2D eigenvalue weighted by Crippen LogP contribution is -2.36. The molecule has 0 heterocycles. The van der Waals surface area contributed by atoms with Gasteiger partial charge in [0.05, 0.1) is 0 Å². The highest BCUT2D eigenvalue weighted by atomic mass is 16.6. The van der Waals surface area contributed by atoms with Crippen molar-refractivity contribution in [2.24, 2.45) is 0 Å². The van der Waals surface area contributed by atoms with E-state index >= 15 is 0 Å². The van der Waals surface area contributed by atoms with Gasteiger partial charge >= 0.3 is 5.97 Å². The third-order valence-corrected chi connectivity index (χ3v) is 5.26. The zero-order valence-corrected chi connectivity index (χ0v) is 16.3. The van der Waals surface area contributed by atoms with E-state index in [1.807, 2.05) is 6.92 Å². The molecule has 0 aromatic heterocycles. The molecule has 0 radical (unpaired) electrons. The molecule has 142 valence electrons. The van der Waals surface area contributed by atoms with Crippen LogP contribution in [0, 0.1) is 11.8 Å². The lowest BCUT2D eigenvalue weighted by molar-refractivity contribution is -0.168. The smallest absolute Gasteiger partial charge is 0.332 e. The number of ether oxygens (including phenoxy) is 1. The van der Waals surface area contributed by atoms with Crippen LogP contribution in [0.25, 0.3) is 0 Å². The first-order valence-electron chi connectivity index (χ1n) is 9.70. The average molecular weight is 357 g/mol. The monoisotopic (exact) mass is 357 g/mol. The average Bonchev–Trinajstić information content (AvgIpc) is 2.68. The summed E-state index contributed by atoms with van der Waals surface area (Å²) in [7, 11) is 0. The van der Waals surface area contributed by atoms with Crippen LogP contribution in [0.4, 0.5) is 5.69 Å². The Labute approximate surface area is 157 Å². The predicted molar refractivity (Wildman–Crippen MR) is 105 cm³/mol. The molecule has 1 aromatic carbocycles. The van der Waals surface area contributed by atoms with Crippen molar-refractivity contribution in [1.29, 1.82) is 0 Å². The van der Waals surface area contributed by atoms with Crippen LogP contribution in [0.15, 0.2) is 18.2 Å². The number of nitrogens with zero attached hydrogens (tertiary/aromatic N) is 1. The van der Waals surface area contributed by atoms with E-state index in [1.165, 1.54) is 5.69 Å². The standard InChI is InChI=1S/C22H31NO3/c1-4-7-11-18-16-19(23(5-2)6-3)12-13-20(18)22(26-21(25)17-24)14-9-8-10-15-22/h12-13,16,24H,5-6,8-11,14-15,17H2,1-3H3. The molecular weight excluding hydrogens is 326 g/mol. The van der Waals surface area contributed by atoms with Crippen molar-refractivity contribution in [2.45, 2.75) is 64.9 Å². The van der Waals surface area contributed by atoms with Crippen molar-refractivity contribution in [2.75, 3.05) is 24.6 Å². The van der Waals surface area contributed by atoms with Crippen LogP contribution in [0.3, 0.4) is 0 Å². The molecule has 2 rings (SSSR count). The fraction of sp³-hybridized carbons (Fsp3) is 0.591. The Morgan fingerprint density at radius 2 is 1.92 bits per heavy atom. The van der Waals surface area contributed by atoms with Gasteiger partial charge < -0.3 is 14.7 Å². The number of esters is 1. The van der Waals surface area contributed by atoms with Crippen LogP contribution in [0.1, 0.15) is 64.0 Å². The summed E-state index contributed by atoms with van der Waals surface area (Å²) in [5.41, 5.74) is 2.71. The molecule has 26 heavy (non-hydrogen) atoms. The molecule has 0 amide bonds. The summed E-state index contributed by atoms with van der Waals surface area (Å²) in [5.74, 6) is 5.60. The van der Waals surface area contributed by atoms with E-state index in [9.17, 15) is 9.90 Å². The molecule has 0 unspecified atom stereocenters. The van der Waals surface area contributed by atoms with Gasteiger partial charge in [-0.25, -0.2) is 4.79 Å². The summed E-state index contributed by atoms with van der Waals surface area (Å²) in [4.78, 5) is 14.2. The quantitative estimate of drug-likeness (QED) is 0.596. The molecule has 0 aliphatic heterocycles. The molecule has 1 N–H and O–H groups in total. The number of aliphatic hydroxyl groups excluding tert-OH is 1. The van der Waals surface area contributed by atoms with E-state index in [2.05, 4.69) is 48.8 Å². The number of hydrogen-bond acceptors (Lipinski definition) is 4. The summed E-state index contributed by atoms with van der Waals surface area (Å²) in [6, 6.07) is 6.42. The first kappa shape index (κ1) is 20.3. The number of carbonyl (C=O) groups is 1. The fourth-order valence-corrected chi connectivity index (χ4v) is 3.94. The zero-order valence-electron chi connectivity index (χ0n) is 16.3. The maximum atomic E-state index is 11.9. The maximum absolute atomic E-state index is 11.9. The Morgan fingerprint density at radius 1 is 1.23 bits per heavy atom. The van der Waals surface area contributed by atoms with Crippen LogP contribution in [0.5, 0.6) is 0 Å². The summed E-state index contributed by atoms with van der Waals surface area (Å²) in [5, 5.41) is 9.21. The molecule has 4 heteroatoms. The van der Waals surface area contributed by atoms with Gasteiger partial charge in [-0.05, 0) is 69.7 Å². The minimum Gasteiger partial charge on any atom is -0.452 e. The van der Waals surface area contributed by atoms with Gasteiger partial charge in [-0.2, -0.15) is 0 Å². The van der Waals surface area contributed by atoms with Crippen molar-refractivity contribution >= 4 is 11.7 Å². The molecule has 1 aliphatic rings. The number of anilines is 1. The van der Waals surface area contributed by atoms with Crippen LogP contribution in [0.2, 0.25) is 0 Å². The second-order valence-corrected chi connectivity index (χ2v) is 6.80. The second kappa shape index (κ2) is 9.64. The number of rotatable bonds is 7. The first-order valence-corrected chi connectivity index (χ1v) is 9.70.